The zero-order valence-corrected chi connectivity index (χ0v) is 17.2. The molecule has 0 amide bonds. The highest BCUT2D eigenvalue weighted by molar-refractivity contribution is 5.12. The van der Waals surface area contributed by atoms with Crippen molar-refractivity contribution >= 4 is 0 Å². The molecule has 0 aromatic rings. The fraction of sp³-hybridized carbons (Fsp3) is 0.957. The van der Waals surface area contributed by atoms with E-state index in [0.717, 1.165) is 30.1 Å². The molecule has 25 heavy (non-hydrogen) atoms. The summed E-state index contributed by atoms with van der Waals surface area (Å²) in [4.78, 5) is 0. The Morgan fingerprint density at radius 1 is 0.880 bits per heavy atom. The Bertz CT molecular complexity index is 511. The number of nitrogens with zero attached hydrogens (tertiary/aromatic N) is 1. The minimum absolute atomic E-state index is 0.314. The van der Waals surface area contributed by atoms with Crippen LogP contribution in [0.4, 0.5) is 0 Å². The normalized spacial score (nSPS) is 51.2. The third kappa shape index (κ3) is 2.86. The Hall–Kier alpha value is -0.550. The summed E-state index contributed by atoms with van der Waals surface area (Å²) in [6, 6.07) is 2.66. The quantitative estimate of drug-likeness (QED) is 0.566. The van der Waals surface area contributed by atoms with Crippen molar-refractivity contribution < 1.29 is 4.74 Å². The zero-order chi connectivity index (χ0) is 18.2. The van der Waals surface area contributed by atoms with Gasteiger partial charge in [-0.05, 0) is 92.3 Å². The van der Waals surface area contributed by atoms with E-state index in [1.165, 1.54) is 51.4 Å². The number of ether oxygens (including phenoxy) is 1. The van der Waals surface area contributed by atoms with Crippen molar-refractivity contribution in [3.8, 4) is 6.07 Å². The van der Waals surface area contributed by atoms with Gasteiger partial charge in [0.15, 0.2) is 0 Å². The van der Waals surface area contributed by atoms with Crippen LogP contribution in [0.1, 0.15) is 85.5 Å². The lowest BCUT2D eigenvalue weighted by Crippen LogP contribution is -2.54. The fourth-order valence-corrected chi connectivity index (χ4v) is 7.72. The standard InChI is InChI=1S/C21H33NO.C2H6/c1-20-11-10-19-17(18(20)9-6-15(20)13-22)8-5-14-4-7-16(23-3)12-21(14,19)2;1-2/h14-19H,4-12H2,1-3H3;1-2H3. The molecule has 0 aliphatic heterocycles. The van der Waals surface area contributed by atoms with E-state index < -0.39 is 0 Å². The lowest BCUT2D eigenvalue weighted by Gasteiger charge is -2.61. The molecule has 4 rings (SSSR count). The molecular formula is C23H39NO. The van der Waals surface area contributed by atoms with Crippen LogP contribution in [-0.2, 0) is 4.74 Å². The number of nitriles is 1. The largest absolute Gasteiger partial charge is 0.381 e. The molecular weight excluding hydrogens is 306 g/mol. The van der Waals surface area contributed by atoms with Gasteiger partial charge in [-0.2, -0.15) is 5.26 Å². The van der Waals surface area contributed by atoms with E-state index in [1.807, 2.05) is 21.0 Å². The molecule has 142 valence electrons. The van der Waals surface area contributed by atoms with E-state index in [4.69, 9.17) is 4.74 Å². The van der Waals surface area contributed by atoms with Gasteiger partial charge in [-0.25, -0.2) is 0 Å². The third-order valence-corrected chi connectivity index (χ3v) is 9.06. The Morgan fingerprint density at radius 2 is 1.56 bits per heavy atom. The van der Waals surface area contributed by atoms with E-state index in [0.29, 0.717) is 22.9 Å². The fourth-order valence-electron chi connectivity index (χ4n) is 7.72. The molecule has 0 spiro atoms. The smallest absolute Gasteiger partial charge is 0.0661 e. The molecule has 4 fully saturated rings. The summed E-state index contributed by atoms with van der Waals surface area (Å²) in [7, 11) is 1.90. The summed E-state index contributed by atoms with van der Waals surface area (Å²) in [5.41, 5.74) is 0.808. The van der Waals surface area contributed by atoms with Crippen LogP contribution in [0.15, 0.2) is 0 Å². The molecule has 2 nitrogen and oxygen atoms in total. The number of rotatable bonds is 1. The van der Waals surface area contributed by atoms with Crippen molar-refractivity contribution in [3.63, 3.8) is 0 Å². The predicted octanol–water partition coefficient (Wildman–Crippen LogP) is 6.21. The average molecular weight is 346 g/mol. The van der Waals surface area contributed by atoms with Crippen molar-refractivity contribution in [2.24, 2.45) is 40.4 Å². The summed E-state index contributed by atoms with van der Waals surface area (Å²) >= 11 is 0. The minimum Gasteiger partial charge on any atom is -0.381 e. The molecule has 8 atom stereocenters. The Morgan fingerprint density at radius 3 is 2.24 bits per heavy atom. The van der Waals surface area contributed by atoms with E-state index in [9.17, 15) is 5.26 Å². The van der Waals surface area contributed by atoms with Crippen molar-refractivity contribution in [1.82, 2.24) is 0 Å². The number of hydrogen-bond acceptors (Lipinski definition) is 2. The molecule has 4 aliphatic carbocycles. The molecule has 8 unspecified atom stereocenters. The van der Waals surface area contributed by atoms with E-state index in [-0.39, 0.29) is 0 Å². The van der Waals surface area contributed by atoms with Crippen LogP contribution >= 0.6 is 0 Å². The minimum atomic E-state index is 0.314. The summed E-state index contributed by atoms with van der Waals surface area (Å²) in [6.07, 6.45) is 12.4. The van der Waals surface area contributed by atoms with E-state index >= 15 is 0 Å². The maximum atomic E-state index is 9.60. The Kier molecular flexibility index (Phi) is 5.55. The summed E-state index contributed by atoms with van der Waals surface area (Å²) in [5.74, 6) is 3.81. The molecule has 0 saturated heterocycles. The van der Waals surface area contributed by atoms with Gasteiger partial charge in [0.1, 0.15) is 0 Å². The topological polar surface area (TPSA) is 33.0 Å². The molecule has 0 radical (unpaired) electrons. The highest BCUT2D eigenvalue weighted by Gasteiger charge is 2.60. The van der Waals surface area contributed by atoms with Crippen LogP contribution < -0.4 is 0 Å². The van der Waals surface area contributed by atoms with Gasteiger partial charge in [-0.15, -0.1) is 0 Å². The zero-order valence-electron chi connectivity index (χ0n) is 17.2. The van der Waals surface area contributed by atoms with Gasteiger partial charge >= 0.3 is 0 Å². The first kappa shape index (κ1) is 19.2. The average Bonchev–Trinajstić information content (AvgIpc) is 2.98. The number of methoxy groups -OCH3 is 1. The molecule has 0 heterocycles. The van der Waals surface area contributed by atoms with Gasteiger partial charge in [-0.3, -0.25) is 0 Å². The van der Waals surface area contributed by atoms with Crippen molar-refractivity contribution in [1.29, 1.82) is 5.26 Å². The van der Waals surface area contributed by atoms with Crippen LogP contribution in [-0.4, -0.2) is 13.2 Å². The number of hydrogen-bond donors (Lipinski definition) is 0. The second-order valence-corrected chi connectivity index (χ2v) is 9.60. The van der Waals surface area contributed by atoms with Gasteiger partial charge in [-0.1, -0.05) is 27.7 Å². The SMILES string of the molecule is CC.COC1CCC2CCC3C4CCC(C#N)C4(C)CCC3C2(C)C1. The first-order valence-electron chi connectivity index (χ1n) is 11.0. The molecule has 0 N–H and O–H groups in total. The van der Waals surface area contributed by atoms with Gasteiger partial charge in [0, 0.05) is 7.11 Å². The lowest BCUT2D eigenvalue weighted by molar-refractivity contribution is -0.132. The van der Waals surface area contributed by atoms with Crippen LogP contribution in [0.3, 0.4) is 0 Å². The highest BCUT2D eigenvalue weighted by atomic mass is 16.5. The lowest BCUT2D eigenvalue weighted by atomic mass is 9.44. The Labute approximate surface area is 155 Å². The highest BCUT2D eigenvalue weighted by Crippen LogP contribution is 2.67. The van der Waals surface area contributed by atoms with Gasteiger partial charge in [0.05, 0.1) is 18.1 Å². The van der Waals surface area contributed by atoms with Crippen LogP contribution in [0.2, 0.25) is 0 Å². The molecule has 4 aliphatic rings. The van der Waals surface area contributed by atoms with Gasteiger partial charge in [0.25, 0.3) is 0 Å². The van der Waals surface area contributed by atoms with Crippen LogP contribution in [0.25, 0.3) is 0 Å². The second-order valence-electron chi connectivity index (χ2n) is 9.60. The van der Waals surface area contributed by atoms with Crippen molar-refractivity contribution in [2.75, 3.05) is 7.11 Å². The molecule has 0 aromatic heterocycles. The molecule has 0 bridgehead atoms. The summed E-state index contributed by atoms with van der Waals surface area (Å²) in [6.45, 7) is 9.04. The maximum Gasteiger partial charge on any atom is 0.0661 e. The third-order valence-electron chi connectivity index (χ3n) is 9.06. The maximum absolute atomic E-state index is 9.60. The molecule has 0 aromatic carbocycles. The van der Waals surface area contributed by atoms with Gasteiger partial charge in [0.2, 0.25) is 0 Å². The summed E-state index contributed by atoms with van der Waals surface area (Å²) < 4.78 is 5.78. The van der Waals surface area contributed by atoms with Gasteiger partial charge < -0.3 is 4.74 Å². The van der Waals surface area contributed by atoms with E-state index in [1.54, 1.807) is 0 Å². The molecule has 4 saturated carbocycles. The second kappa shape index (κ2) is 7.22. The number of fused-ring (bicyclic) bond motifs is 5. The van der Waals surface area contributed by atoms with Crippen molar-refractivity contribution in [2.45, 2.75) is 91.6 Å². The first-order chi connectivity index (χ1) is 12.0. The van der Waals surface area contributed by atoms with E-state index in [2.05, 4.69) is 19.9 Å². The predicted molar refractivity (Wildman–Crippen MR) is 103 cm³/mol. The Balaban J connectivity index is 0.000000880. The molecule has 2 heteroatoms. The summed E-state index contributed by atoms with van der Waals surface area (Å²) in [5, 5.41) is 9.60. The van der Waals surface area contributed by atoms with Crippen LogP contribution in [0.5, 0.6) is 0 Å². The monoisotopic (exact) mass is 345 g/mol. The first-order valence-corrected chi connectivity index (χ1v) is 11.0. The van der Waals surface area contributed by atoms with Crippen LogP contribution in [0, 0.1) is 51.8 Å². The van der Waals surface area contributed by atoms with Crippen molar-refractivity contribution in [3.05, 3.63) is 0 Å².